The van der Waals surface area contributed by atoms with Crippen LogP contribution in [0.15, 0.2) is 4.79 Å². The number of aromatic nitrogens is 4. The van der Waals surface area contributed by atoms with Gasteiger partial charge in [-0.25, -0.2) is 0 Å². The number of rotatable bonds is 0. The SMILES string of the molecule is Cc1nnc2sc(N)nn2c1=O. The summed E-state index contributed by atoms with van der Waals surface area (Å²) in [4.78, 5) is 11.7. The van der Waals surface area contributed by atoms with Gasteiger partial charge in [-0.05, 0) is 6.92 Å². The monoisotopic (exact) mass is 183 g/mol. The molecule has 0 spiro atoms. The molecule has 2 N–H and O–H groups in total. The average molecular weight is 183 g/mol. The fourth-order valence-electron chi connectivity index (χ4n) is 0.807. The number of aryl methyl sites for hydroxylation is 1. The number of nitrogen functional groups attached to an aromatic ring is 1. The first-order valence-corrected chi connectivity index (χ1v) is 3.99. The number of fused-ring (bicyclic) bond motifs is 1. The van der Waals surface area contributed by atoms with Gasteiger partial charge in [0.2, 0.25) is 10.1 Å². The molecule has 2 aromatic rings. The third-order valence-electron chi connectivity index (χ3n) is 1.36. The molecule has 0 fully saturated rings. The van der Waals surface area contributed by atoms with Crippen molar-refractivity contribution in [2.75, 3.05) is 5.73 Å². The Morgan fingerprint density at radius 3 is 3.00 bits per heavy atom. The van der Waals surface area contributed by atoms with E-state index in [1.165, 1.54) is 0 Å². The van der Waals surface area contributed by atoms with Gasteiger partial charge in [-0.2, -0.15) is 4.52 Å². The van der Waals surface area contributed by atoms with Crippen molar-refractivity contribution in [3.63, 3.8) is 0 Å². The van der Waals surface area contributed by atoms with Crippen LogP contribution in [0.4, 0.5) is 5.13 Å². The first-order valence-electron chi connectivity index (χ1n) is 3.17. The fraction of sp³-hybridized carbons (Fsp3) is 0.200. The Balaban J connectivity index is 2.99. The number of hydrogen-bond acceptors (Lipinski definition) is 6. The lowest BCUT2D eigenvalue weighted by Crippen LogP contribution is -2.19. The zero-order chi connectivity index (χ0) is 8.72. The molecule has 7 heteroatoms. The lowest BCUT2D eigenvalue weighted by atomic mass is 10.5. The van der Waals surface area contributed by atoms with E-state index in [4.69, 9.17) is 5.73 Å². The highest BCUT2D eigenvalue weighted by Gasteiger charge is 2.06. The smallest absolute Gasteiger partial charge is 0.296 e. The Bertz CT molecular complexity index is 486. The maximum absolute atomic E-state index is 11.3. The summed E-state index contributed by atoms with van der Waals surface area (Å²) < 4.78 is 1.16. The Kier molecular flexibility index (Phi) is 1.34. The maximum Gasteiger partial charge on any atom is 0.296 e. The van der Waals surface area contributed by atoms with Gasteiger partial charge in [0, 0.05) is 0 Å². The molecule has 0 unspecified atom stereocenters. The second kappa shape index (κ2) is 2.24. The first kappa shape index (κ1) is 7.17. The highest BCUT2D eigenvalue weighted by molar-refractivity contribution is 7.20. The quantitative estimate of drug-likeness (QED) is 0.591. The van der Waals surface area contributed by atoms with Crippen molar-refractivity contribution < 1.29 is 0 Å². The molecule has 0 saturated heterocycles. The molecule has 0 aliphatic rings. The van der Waals surface area contributed by atoms with Gasteiger partial charge in [0.25, 0.3) is 5.56 Å². The molecule has 2 rings (SSSR count). The predicted molar refractivity (Wildman–Crippen MR) is 44.1 cm³/mol. The Hall–Kier alpha value is -1.50. The van der Waals surface area contributed by atoms with Crippen molar-refractivity contribution in [3.8, 4) is 0 Å². The molecule has 2 aromatic heterocycles. The van der Waals surface area contributed by atoms with Crippen molar-refractivity contribution in [2.45, 2.75) is 6.92 Å². The summed E-state index contributed by atoms with van der Waals surface area (Å²) in [6, 6.07) is 0. The van der Waals surface area contributed by atoms with Crippen LogP contribution in [0.1, 0.15) is 5.69 Å². The Morgan fingerprint density at radius 1 is 1.50 bits per heavy atom. The Labute approximate surface area is 70.7 Å². The van der Waals surface area contributed by atoms with Gasteiger partial charge < -0.3 is 5.73 Å². The normalized spacial score (nSPS) is 10.8. The van der Waals surface area contributed by atoms with Gasteiger partial charge in [-0.15, -0.1) is 15.3 Å². The third-order valence-corrected chi connectivity index (χ3v) is 2.09. The largest absolute Gasteiger partial charge is 0.374 e. The van der Waals surface area contributed by atoms with Crippen LogP contribution < -0.4 is 11.3 Å². The number of nitrogens with zero attached hydrogens (tertiary/aromatic N) is 4. The number of hydrogen-bond donors (Lipinski definition) is 1. The lowest BCUT2D eigenvalue weighted by Gasteiger charge is -1.88. The third kappa shape index (κ3) is 0.866. The van der Waals surface area contributed by atoms with Crippen LogP contribution in [0.3, 0.4) is 0 Å². The molecular formula is C5H5N5OS. The van der Waals surface area contributed by atoms with Crippen molar-refractivity contribution in [1.82, 2.24) is 19.8 Å². The minimum atomic E-state index is -0.270. The zero-order valence-corrected chi connectivity index (χ0v) is 7.00. The van der Waals surface area contributed by atoms with Crippen LogP contribution in [0, 0.1) is 6.92 Å². The summed E-state index contributed by atoms with van der Waals surface area (Å²) in [6.45, 7) is 1.58. The minimum absolute atomic E-state index is 0.270. The van der Waals surface area contributed by atoms with Gasteiger partial charge >= 0.3 is 0 Å². The van der Waals surface area contributed by atoms with E-state index in [1.807, 2.05) is 0 Å². The van der Waals surface area contributed by atoms with Gasteiger partial charge in [-0.3, -0.25) is 4.79 Å². The van der Waals surface area contributed by atoms with E-state index < -0.39 is 0 Å². The van der Waals surface area contributed by atoms with Crippen molar-refractivity contribution in [3.05, 3.63) is 16.0 Å². The summed E-state index contributed by atoms with van der Waals surface area (Å²) in [6.07, 6.45) is 0. The highest BCUT2D eigenvalue weighted by Crippen LogP contribution is 2.10. The molecule has 0 amide bonds. The van der Waals surface area contributed by atoms with Crippen LogP contribution >= 0.6 is 11.3 Å². The Morgan fingerprint density at radius 2 is 2.25 bits per heavy atom. The molecule has 0 aliphatic heterocycles. The van der Waals surface area contributed by atoms with E-state index in [-0.39, 0.29) is 5.56 Å². The lowest BCUT2D eigenvalue weighted by molar-refractivity contribution is 0.830. The molecule has 62 valence electrons. The average Bonchev–Trinajstić information content (AvgIpc) is 2.39. The standard InChI is InChI=1S/C5H5N5OS/c1-2-3(11)10-5(8-7-2)12-4(6)9-10/h1H3,(H2,6,9). The number of anilines is 1. The summed E-state index contributed by atoms with van der Waals surface area (Å²) >= 11 is 1.13. The zero-order valence-electron chi connectivity index (χ0n) is 6.18. The molecule has 0 aliphatic carbocycles. The molecule has 6 nitrogen and oxygen atoms in total. The van der Waals surface area contributed by atoms with E-state index >= 15 is 0 Å². The van der Waals surface area contributed by atoms with Gasteiger partial charge in [0.05, 0.1) is 0 Å². The van der Waals surface area contributed by atoms with Gasteiger partial charge in [0.1, 0.15) is 5.69 Å². The van der Waals surface area contributed by atoms with E-state index in [1.54, 1.807) is 6.92 Å². The molecule has 0 saturated carbocycles. The molecule has 0 radical (unpaired) electrons. The summed E-state index contributed by atoms with van der Waals surface area (Å²) in [5.41, 5.74) is 5.44. The predicted octanol–water partition coefficient (Wildman–Crippen LogP) is -0.563. The minimum Gasteiger partial charge on any atom is -0.374 e. The van der Waals surface area contributed by atoms with E-state index in [0.717, 1.165) is 15.9 Å². The summed E-state index contributed by atoms with van der Waals surface area (Å²) in [5.74, 6) is 0. The maximum atomic E-state index is 11.3. The van der Waals surface area contributed by atoms with E-state index in [0.29, 0.717) is 15.8 Å². The number of nitrogens with two attached hydrogens (primary N) is 1. The molecule has 0 aromatic carbocycles. The van der Waals surface area contributed by atoms with Crippen molar-refractivity contribution in [2.24, 2.45) is 0 Å². The molecular weight excluding hydrogens is 178 g/mol. The molecule has 12 heavy (non-hydrogen) atoms. The molecule has 0 atom stereocenters. The van der Waals surface area contributed by atoms with Crippen LogP contribution in [0.25, 0.3) is 4.96 Å². The second-order valence-electron chi connectivity index (χ2n) is 2.23. The van der Waals surface area contributed by atoms with Gasteiger partial charge in [-0.1, -0.05) is 11.3 Å². The van der Waals surface area contributed by atoms with E-state index in [9.17, 15) is 4.79 Å². The molecule has 0 bridgehead atoms. The summed E-state index contributed by atoms with van der Waals surface area (Å²) in [7, 11) is 0. The van der Waals surface area contributed by atoms with Crippen LogP contribution in [-0.4, -0.2) is 19.8 Å². The van der Waals surface area contributed by atoms with Crippen LogP contribution in [0.2, 0.25) is 0 Å². The van der Waals surface area contributed by atoms with Crippen LogP contribution in [0.5, 0.6) is 0 Å². The topological polar surface area (TPSA) is 86.2 Å². The first-order chi connectivity index (χ1) is 5.68. The fourth-order valence-corrected chi connectivity index (χ4v) is 1.41. The van der Waals surface area contributed by atoms with Gasteiger partial charge in [0.15, 0.2) is 0 Å². The highest BCUT2D eigenvalue weighted by atomic mass is 32.1. The van der Waals surface area contributed by atoms with Crippen LogP contribution in [-0.2, 0) is 0 Å². The van der Waals surface area contributed by atoms with E-state index in [2.05, 4.69) is 15.3 Å². The van der Waals surface area contributed by atoms with Crippen molar-refractivity contribution in [1.29, 1.82) is 0 Å². The molecule has 2 heterocycles. The second-order valence-corrected chi connectivity index (χ2v) is 3.21. The summed E-state index contributed by atoms with van der Waals surface area (Å²) in [5, 5.41) is 11.5. The van der Waals surface area contributed by atoms with Crippen molar-refractivity contribution >= 4 is 21.4 Å².